The minimum Gasteiger partial charge on any atom is -0.494 e. The number of anilines is 1. The highest BCUT2D eigenvalue weighted by Crippen LogP contribution is 2.18. The van der Waals surface area contributed by atoms with Crippen LogP contribution in [0, 0.1) is 11.6 Å². The van der Waals surface area contributed by atoms with E-state index in [1.807, 2.05) is 0 Å². The van der Waals surface area contributed by atoms with Gasteiger partial charge in [0, 0.05) is 6.08 Å². The van der Waals surface area contributed by atoms with Gasteiger partial charge in [-0.25, -0.2) is 13.6 Å². The van der Waals surface area contributed by atoms with E-state index >= 15 is 0 Å². The SMILES string of the molecule is COc1ccc(/C=C/C(=O)O[C@H](C)C(=O)Nc2ccccc2F)cc1F. The third-order valence-corrected chi connectivity index (χ3v) is 3.38. The summed E-state index contributed by atoms with van der Waals surface area (Å²) in [6.45, 7) is 1.36. The van der Waals surface area contributed by atoms with Gasteiger partial charge in [0.25, 0.3) is 5.91 Å². The predicted octanol–water partition coefficient (Wildman–Crippen LogP) is 3.56. The Morgan fingerprint density at radius 1 is 1.12 bits per heavy atom. The fourth-order valence-electron chi connectivity index (χ4n) is 2.01. The molecule has 1 N–H and O–H groups in total. The largest absolute Gasteiger partial charge is 0.494 e. The molecular weight excluding hydrogens is 344 g/mol. The lowest BCUT2D eigenvalue weighted by Crippen LogP contribution is -2.29. The molecule has 0 aliphatic carbocycles. The van der Waals surface area contributed by atoms with Crippen molar-refractivity contribution in [3.8, 4) is 5.75 Å². The lowest BCUT2D eigenvalue weighted by Gasteiger charge is -2.12. The fraction of sp³-hybridized carbons (Fsp3) is 0.158. The van der Waals surface area contributed by atoms with Crippen molar-refractivity contribution in [2.45, 2.75) is 13.0 Å². The molecule has 0 aromatic heterocycles. The lowest BCUT2D eigenvalue weighted by molar-refractivity contribution is -0.148. The maximum Gasteiger partial charge on any atom is 0.331 e. The first kappa shape index (κ1) is 19.1. The van der Waals surface area contributed by atoms with Crippen molar-refractivity contribution < 1.29 is 27.8 Å². The summed E-state index contributed by atoms with van der Waals surface area (Å²) in [6.07, 6.45) is 1.26. The molecule has 136 valence electrons. The smallest absolute Gasteiger partial charge is 0.331 e. The summed E-state index contributed by atoms with van der Waals surface area (Å²) in [5.74, 6) is -2.55. The van der Waals surface area contributed by atoms with Crippen LogP contribution in [-0.4, -0.2) is 25.1 Å². The van der Waals surface area contributed by atoms with Crippen LogP contribution in [-0.2, 0) is 14.3 Å². The first-order valence-corrected chi connectivity index (χ1v) is 7.68. The van der Waals surface area contributed by atoms with E-state index in [0.29, 0.717) is 5.56 Å². The molecule has 0 saturated heterocycles. The summed E-state index contributed by atoms with van der Waals surface area (Å²) in [6, 6.07) is 9.80. The van der Waals surface area contributed by atoms with Crippen LogP contribution in [0.1, 0.15) is 12.5 Å². The topological polar surface area (TPSA) is 64.6 Å². The monoisotopic (exact) mass is 361 g/mol. The maximum absolute atomic E-state index is 13.6. The van der Waals surface area contributed by atoms with E-state index in [1.165, 1.54) is 50.4 Å². The van der Waals surface area contributed by atoms with Crippen molar-refractivity contribution in [1.82, 2.24) is 0 Å². The van der Waals surface area contributed by atoms with Crippen LogP contribution in [0.3, 0.4) is 0 Å². The van der Waals surface area contributed by atoms with E-state index < -0.39 is 29.6 Å². The number of esters is 1. The Kier molecular flexibility index (Phi) is 6.43. The first-order chi connectivity index (χ1) is 12.4. The molecule has 0 aliphatic heterocycles. The minimum atomic E-state index is -1.14. The van der Waals surface area contributed by atoms with Gasteiger partial charge in [0.05, 0.1) is 12.8 Å². The molecule has 0 heterocycles. The molecule has 2 aromatic rings. The Morgan fingerprint density at radius 3 is 2.50 bits per heavy atom. The number of hydrogen-bond acceptors (Lipinski definition) is 4. The van der Waals surface area contributed by atoms with E-state index in [9.17, 15) is 18.4 Å². The van der Waals surface area contributed by atoms with Crippen LogP contribution >= 0.6 is 0 Å². The second kappa shape index (κ2) is 8.75. The number of ether oxygens (including phenoxy) is 2. The molecule has 1 amide bonds. The second-order valence-corrected chi connectivity index (χ2v) is 5.28. The number of carbonyl (C=O) groups excluding carboxylic acids is 2. The molecule has 2 aromatic carbocycles. The van der Waals surface area contributed by atoms with Gasteiger partial charge >= 0.3 is 5.97 Å². The first-order valence-electron chi connectivity index (χ1n) is 7.68. The molecule has 0 unspecified atom stereocenters. The average molecular weight is 361 g/mol. The van der Waals surface area contributed by atoms with Crippen molar-refractivity contribution in [2.24, 2.45) is 0 Å². The van der Waals surface area contributed by atoms with Gasteiger partial charge in [-0.3, -0.25) is 4.79 Å². The van der Waals surface area contributed by atoms with E-state index in [1.54, 1.807) is 12.1 Å². The average Bonchev–Trinajstić information content (AvgIpc) is 2.62. The summed E-state index contributed by atoms with van der Waals surface area (Å²) < 4.78 is 36.8. The Balaban J connectivity index is 1.93. The standard InChI is InChI=1S/C19H17F2NO4/c1-12(19(24)22-16-6-4-3-5-14(16)20)26-18(23)10-8-13-7-9-17(25-2)15(21)11-13/h3-12H,1-2H3,(H,22,24)/b10-8+/t12-/m1/s1. The predicted molar refractivity (Wildman–Crippen MR) is 92.6 cm³/mol. The number of halogens is 2. The van der Waals surface area contributed by atoms with Crippen LogP contribution in [0.25, 0.3) is 6.08 Å². The van der Waals surface area contributed by atoms with Gasteiger partial charge in [-0.15, -0.1) is 0 Å². The molecular formula is C19H17F2NO4. The molecule has 2 rings (SSSR count). The van der Waals surface area contributed by atoms with Crippen molar-refractivity contribution in [1.29, 1.82) is 0 Å². The zero-order chi connectivity index (χ0) is 19.1. The van der Waals surface area contributed by atoms with Crippen LogP contribution in [0.2, 0.25) is 0 Å². The summed E-state index contributed by atoms with van der Waals surface area (Å²) in [7, 11) is 1.35. The number of amides is 1. The highest BCUT2D eigenvalue weighted by molar-refractivity contribution is 5.96. The Bertz CT molecular complexity index is 836. The minimum absolute atomic E-state index is 0.00958. The molecule has 0 bridgehead atoms. The lowest BCUT2D eigenvalue weighted by atomic mass is 10.2. The van der Waals surface area contributed by atoms with E-state index in [0.717, 1.165) is 6.08 Å². The Labute approximate surface area is 149 Å². The molecule has 7 heteroatoms. The zero-order valence-corrected chi connectivity index (χ0v) is 14.2. The van der Waals surface area contributed by atoms with Gasteiger partial charge in [-0.05, 0) is 42.8 Å². The normalized spacial score (nSPS) is 11.8. The fourth-order valence-corrected chi connectivity index (χ4v) is 2.01. The Hall–Kier alpha value is -3.22. The zero-order valence-electron chi connectivity index (χ0n) is 14.2. The summed E-state index contributed by atoms with van der Waals surface area (Å²) in [4.78, 5) is 23.7. The summed E-state index contributed by atoms with van der Waals surface area (Å²) >= 11 is 0. The third-order valence-electron chi connectivity index (χ3n) is 3.38. The molecule has 0 aliphatic rings. The Morgan fingerprint density at radius 2 is 1.85 bits per heavy atom. The van der Waals surface area contributed by atoms with Crippen molar-refractivity contribution in [2.75, 3.05) is 12.4 Å². The van der Waals surface area contributed by atoms with Gasteiger partial charge in [0.1, 0.15) is 5.82 Å². The maximum atomic E-state index is 13.6. The number of carbonyl (C=O) groups is 2. The molecule has 0 fully saturated rings. The van der Waals surface area contributed by atoms with Gasteiger partial charge in [0.15, 0.2) is 17.7 Å². The highest BCUT2D eigenvalue weighted by Gasteiger charge is 2.17. The van der Waals surface area contributed by atoms with Crippen LogP contribution in [0.15, 0.2) is 48.5 Å². The highest BCUT2D eigenvalue weighted by atomic mass is 19.1. The van der Waals surface area contributed by atoms with Gasteiger partial charge in [0.2, 0.25) is 0 Å². The number of methoxy groups -OCH3 is 1. The van der Waals surface area contributed by atoms with E-state index in [4.69, 9.17) is 9.47 Å². The quantitative estimate of drug-likeness (QED) is 0.631. The molecule has 1 atom stereocenters. The van der Waals surface area contributed by atoms with Crippen molar-refractivity contribution in [3.05, 3.63) is 65.7 Å². The van der Waals surface area contributed by atoms with Crippen molar-refractivity contribution >= 4 is 23.6 Å². The molecule has 26 heavy (non-hydrogen) atoms. The molecule has 0 radical (unpaired) electrons. The summed E-state index contributed by atoms with van der Waals surface area (Å²) in [5.41, 5.74) is 0.411. The molecule has 0 saturated carbocycles. The van der Waals surface area contributed by atoms with E-state index in [2.05, 4.69) is 5.32 Å². The summed E-state index contributed by atoms with van der Waals surface area (Å²) in [5, 5.41) is 2.33. The van der Waals surface area contributed by atoms with Gasteiger partial charge in [-0.2, -0.15) is 0 Å². The number of benzene rings is 2. The number of nitrogens with one attached hydrogen (secondary N) is 1. The van der Waals surface area contributed by atoms with E-state index in [-0.39, 0.29) is 11.4 Å². The van der Waals surface area contributed by atoms with Gasteiger partial charge < -0.3 is 14.8 Å². The second-order valence-electron chi connectivity index (χ2n) is 5.28. The van der Waals surface area contributed by atoms with Gasteiger partial charge in [-0.1, -0.05) is 18.2 Å². The third kappa shape index (κ3) is 5.14. The number of para-hydroxylation sites is 1. The van der Waals surface area contributed by atoms with Crippen molar-refractivity contribution in [3.63, 3.8) is 0 Å². The number of hydrogen-bond donors (Lipinski definition) is 1. The van der Waals surface area contributed by atoms with Crippen LogP contribution in [0.4, 0.5) is 14.5 Å². The van der Waals surface area contributed by atoms with Crippen LogP contribution in [0.5, 0.6) is 5.75 Å². The van der Waals surface area contributed by atoms with Crippen LogP contribution < -0.4 is 10.1 Å². The molecule has 5 nitrogen and oxygen atoms in total. The molecule has 0 spiro atoms. The number of rotatable bonds is 6.